The standard InChI is InChI=1S/C14H26F3N/c1-10(2)12-6-5-11(3)9-13(12)18-8-4-7-14(15,16)17/h10-13,18H,4-9H2,1-3H3. The van der Waals surface area contributed by atoms with Crippen LogP contribution >= 0.6 is 0 Å². The molecule has 3 unspecified atom stereocenters. The van der Waals surface area contributed by atoms with Crippen LogP contribution in [-0.2, 0) is 0 Å². The fraction of sp³-hybridized carbons (Fsp3) is 1.00. The van der Waals surface area contributed by atoms with Gasteiger partial charge < -0.3 is 5.32 Å². The molecular weight excluding hydrogens is 239 g/mol. The molecular formula is C14H26F3N. The van der Waals surface area contributed by atoms with Crippen LogP contribution in [-0.4, -0.2) is 18.8 Å². The van der Waals surface area contributed by atoms with Gasteiger partial charge in [0, 0.05) is 12.5 Å². The van der Waals surface area contributed by atoms with Crippen LogP contribution in [0, 0.1) is 17.8 Å². The molecule has 1 aliphatic carbocycles. The second kappa shape index (κ2) is 6.78. The highest BCUT2D eigenvalue weighted by atomic mass is 19.4. The summed E-state index contributed by atoms with van der Waals surface area (Å²) in [7, 11) is 0. The molecule has 1 nitrogen and oxygen atoms in total. The maximum absolute atomic E-state index is 12.1. The van der Waals surface area contributed by atoms with Crippen LogP contribution in [0.2, 0.25) is 0 Å². The lowest BCUT2D eigenvalue weighted by Crippen LogP contribution is -2.43. The van der Waals surface area contributed by atoms with Crippen molar-refractivity contribution in [3.05, 3.63) is 0 Å². The number of nitrogens with one attached hydrogen (secondary N) is 1. The number of alkyl halides is 3. The summed E-state index contributed by atoms with van der Waals surface area (Å²) >= 11 is 0. The Labute approximate surface area is 109 Å². The van der Waals surface area contributed by atoms with Gasteiger partial charge in [0.1, 0.15) is 0 Å². The quantitative estimate of drug-likeness (QED) is 0.727. The average Bonchev–Trinajstić information content (AvgIpc) is 2.22. The molecule has 0 spiro atoms. The molecule has 0 aliphatic heterocycles. The van der Waals surface area contributed by atoms with Crippen molar-refractivity contribution in [1.82, 2.24) is 5.32 Å². The first-order valence-corrected chi connectivity index (χ1v) is 7.09. The molecule has 1 rings (SSSR count). The van der Waals surface area contributed by atoms with E-state index in [4.69, 9.17) is 0 Å². The number of hydrogen-bond acceptors (Lipinski definition) is 1. The van der Waals surface area contributed by atoms with E-state index in [2.05, 4.69) is 26.1 Å². The molecule has 18 heavy (non-hydrogen) atoms. The van der Waals surface area contributed by atoms with Gasteiger partial charge in [0.15, 0.2) is 0 Å². The highest BCUT2D eigenvalue weighted by molar-refractivity contribution is 4.85. The van der Waals surface area contributed by atoms with Gasteiger partial charge >= 0.3 is 6.18 Å². The molecule has 4 heteroatoms. The number of halogens is 3. The van der Waals surface area contributed by atoms with Crippen molar-refractivity contribution in [2.75, 3.05) is 6.54 Å². The summed E-state index contributed by atoms with van der Waals surface area (Å²) in [4.78, 5) is 0. The van der Waals surface area contributed by atoms with E-state index < -0.39 is 12.6 Å². The third kappa shape index (κ3) is 5.59. The summed E-state index contributed by atoms with van der Waals surface area (Å²) in [6.07, 6.45) is -0.930. The normalized spacial score (nSPS) is 29.8. The summed E-state index contributed by atoms with van der Waals surface area (Å²) in [5, 5.41) is 3.36. The van der Waals surface area contributed by atoms with Crippen molar-refractivity contribution in [1.29, 1.82) is 0 Å². The molecule has 3 atom stereocenters. The van der Waals surface area contributed by atoms with Crippen LogP contribution in [0.3, 0.4) is 0 Å². The fourth-order valence-electron chi connectivity index (χ4n) is 3.01. The summed E-state index contributed by atoms with van der Waals surface area (Å²) in [5.74, 6) is 1.92. The minimum atomic E-state index is -4.01. The predicted octanol–water partition coefficient (Wildman–Crippen LogP) is 4.38. The Bertz CT molecular complexity index is 238. The second-order valence-corrected chi connectivity index (χ2v) is 6.11. The Morgan fingerprint density at radius 3 is 2.44 bits per heavy atom. The van der Waals surface area contributed by atoms with Crippen molar-refractivity contribution in [2.24, 2.45) is 17.8 Å². The molecule has 1 fully saturated rings. The summed E-state index contributed by atoms with van der Waals surface area (Å²) in [6, 6.07) is 0.405. The molecule has 0 aromatic carbocycles. The largest absolute Gasteiger partial charge is 0.389 e. The van der Waals surface area contributed by atoms with Crippen molar-refractivity contribution in [3.8, 4) is 0 Å². The first kappa shape index (κ1) is 15.8. The minimum absolute atomic E-state index is 0.194. The Kier molecular flexibility index (Phi) is 5.96. The van der Waals surface area contributed by atoms with Gasteiger partial charge in [-0.15, -0.1) is 0 Å². The van der Waals surface area contributed by atoms with Crippen LogP contribution in [0.4, 0.5) is 13.2 Å². The molecule has 108 valence electrons. The van der Waals surface area contributed by atoms with E-state index in [9.17, 15) is 13.2 Å². The van der Waals surface area contributed by atoms with Gasteiger partial charge in [-0.3, -0.25) is 0 Å². The highest BCUT2D eigenvalue weighted by Crippen LogP contribution is 2.33. The van der Waals surface area contributed by atoms with Gasteiger partial charge in [-0.05, 0) is 43.6 Å². The molecule has 1 saturated carbocycles. The lowest BCUT2D eigenvalue weighted by molar-refractivity contribution is -0.135. The van der Waals surface area contributed by atoms with E-state index in [-0.39, 0.29) is 6.42 Å². The van der Waals surface area contributed by atoms with Gasteiger partial charge in [-0.2, -0.15) is 13.2 Å². The number of rotatable bonds is 5. The summed E-state index contributed by atoms with van der Waals surface area (Å²) < 4.78 is 36.2. The zero-order chi connectivity index (χ0) is 13.8. The molecule has 0 amide bonds. The van der Waals surface area contributed by atoms with Crippen molar-refractivity contribution in [3.63, 3.8) is 0 Å². The molecule has 0 aromatic rings. The maximum atomic E-state index is 12.1. The molecule has 0 radical (unpaired) electrons. The van der Waals surface area contributed by atoms with Gasteiger partial charge in [0.05, 0.1) is 0 Å². The zero-order valence-electron chi connectivity index (χ0n) is 11.7. The van der Waals surface area contributed by atoms with E-state index in [1.165, 1.54) is 12.8 Å². The third-order valence-corrected chi connectivity index (χ3v) is 4.07. The lowest BCUT2D eigenvalue weighted by Gasteiger charge is -2.38. The smallest absolute Gasteiger partial charge is 0.314 e. The van der Waals surface area contributed by atoms with E-state index in [1.807, 2.05) is 0 Å². The van der Waals surface area contributed by atoms with Crippen molar-refractivity contribution < 1.29 is 13.2 Å². The predicted molar refractivity (Wildman–Crippen MR) is 68.4 cm³/mol. The summed E-state index contributed by atoms with van der Waals surface area (Å²) in [6.45, 7) is 7.15. The van der Waals surface area contributed by atoms with Gasteiger partial charge in [0.2, 0.25) is 0 Å². The van der Waals surface area contributed by atoms with Gasteiger partial charge in [-0.25, -0.2) is 0 Å². The van der Waals surface area contributed by atoms with Crippen molar-refractivity contribution in [2.45, 2.75) is 65.1 Å². The minimum Gasteiger partial charge on any atom is -0.314 e. The van der Waals surface area contributed by atoms with Crippen LogP contribution in [0.25, 0.3) is 0 Å². The molecule has 1 aliphatic rings. The molecule has 0 saturated heterocycles. The highest BCUT2D eigenvalue weighted by Gasteiger charge is 2.31. The van der Waals surface area contributed by atoms with Crippen LogP contribution in [0.5, 0.6) is 0 Å². The lowest BCUT2D eigenvalue weighted by atomic mass is 9.74. The molecule has 0 aromatic heterocycles. The van der Waals surface area contributed by atoms with Crippen LogP contribution < -0.4 is 5.32 Å². The van der Waals surface area contributed by atoms with Crippen LogP contribution in [0.1, 0.15) is 52.9 Å². The molecule has 1 N–H and O–H groups in total. The Balaban J connectivity index is 2.32. The fourth-order valence-corrected chi connectivity index (χ4v) is 3.01. The second-order valence-electron chi connectivity index (χ2n) is 6.11. The number of hydrogen-bond donors (Lipinski definition) is 1. The van der Waals surface area contributed by atoms with Gasteiger partial charge in [-0.1, -0.05) is 27.2 Å². The first-order chi connectivity index (χ1) is 8.29. The molecule has 0 bridgehead atoms. The maximum Gasteiger partial charge on any atom is 0.389 e. The van der Waals surface area contributed by atoms with Crippen molar-refractivity contribution >= 4 is 0 Å². The Hall–Kier alpha value is -0.250. The van der Waals surface area contributed by atoms with Gasteiger partial charge in [0.25, 0.3) is 0 Å². The zero-order valence-corrected chi connectivity index (χ0v) is 11.7. The van der Waals surface area contributed by atoms with E-state index in [0.29, 0.717) is 30.3 Å². The van der Waals surface area contributed by atoms with E-state index in [1.54, 1.807) is 0 Å². The van der Waals surface area contributed by atoms with Crippen LogP contribution in [0.15, 0.2) is 0 Å². The SMILES string of the molecule is CC1CCC(C(C)C)C(NCCCC(F)(F)F)C1. The Morgan fingerprint density at radius 1 is 1.22 bits per heavy atom. The first-order valence-electron chi connectivity index (χ1n) is 7.09. The molecule has 0 heterocycles. The monoisotopic (exact) mass is 265 g/mol. The topological polar surface area (TPSA) is 12.0 Å². The summed E-state index contributed by atoms with van der Waals surface area (Å²) in [5.41, 5.74) is 0. The third-order valence-electron chi connectivity index (χ3n) is 4.07. The van der Waals surface area contributed by atoms with E-state index >= 15 is 0 Å². The average molecular weight is 265 g/mol. The van der Waals surface area contributed by atoms with E-state index in [0.717, 1.165) is 6.42 Å². The Morgan fingerprint density at radius 2 is 1.89 bits per heavy atom.